The highest BCUT2D eigenvalue weighted by Gasteiger charge is 2.26. The van der Waals surface area contributed by atoms with E-state index in [-0.39, 0.29) is 17.1 Å². The Labute approximate surface area is 170 Å². The zero-order valence-corrected chi connectivity index (χ0v) is 16.3. The number of benzene rings is 2. The second-order valence-electron chi connectivity index (χ2n) is 5.82. The summed E-state index contributed by atoms with van der Waals surface area (Å²) in [6.45, 7) is -0.363. The fourth-order valence-electron chi connectivity index (χ4n) is 2.44. The van der Waals surface area contributed by atoms with E-state index in [1.165, 1.54) is 30.3 Å². The number of anilines is 1. The van der Waals surface area contributed by atoms with Gasteiger partial charge >= 0.3 is 5.97 Å². The van der Waals surface area contributed by atoms with E-state index >= 15 is 0 Å². The average Bonchev–Trinajstić information content (AvgIpc) is 2.66. The number of carboxylic acid groups (broad SMARTS) is 1. The molecule has 10 nitrogen and oxygen atoms in total. The van der Waals surface area contributed by atoms with Gasteiger partial charge in [0, 0.05) is 18.3 Å². The molecule has 0 fully saturated rings. The first kappa shape index (κ1) is 22.1. The Bertz CT molecular complexity index is 1080. The van der Waals surface area contributed by atoms with E-state index in [9.17, 15) is 23.3 Å². The summed E-state index contributed by atoms with van der Waals surface area (Å²) in [6, 6.07) is 10.1. The highest BCUT2D eigenvalue weighted by atomic mass is 35.5. The fourth-order valence-corrected chi connectivity index (χ4v) is 3.91. The number of carbonyl (C=O) groups is 1. The van der Waals surface area contributed by atoms with E-state index in [1.807, 2.05) is 6.07 Å². The third-order valence-electron chi connectivity index (χ3n) is 3.75. The second kappa shape index (κ2) is 9.33. The molecule has 0 aliphatic carbocycles. The van der Waals surface area contributed by atoms with Crippen LogP contribution in [0.2, 0.25) is 5.02 Å². The molecule has 1 atom stereocenters. The molecule has 0 saturated heterocycles. The highest BCUT2D eigenvalue weighted by Crippen LogP contribution is 2.23. The molecule has 2 aromatic rings. The molecule has 3 N–H and O–H groups in total. The number of nitrogens with one attached hydrogen (secondary N) is 2. The van der Waals surface area contributed by atoms with Crippen molar-refractivity contribution in [2.45, 2.75) is 17.4 Å². The molecule has 0 aromatic heterocycles. The average molecular weight is 439 g/mol. The van der Waals surface area contributed by atoms with Gasteiger partial charge in [-0.15, -0.1) is 0 Å². The van der Waals surface area contributed by atoms with E-state index in [0.29, 0.717) is 5.69 Å². The SMILES string of the molecule is N#Cc1ccc(N[C@H](CNS(=O)(=O)c2ccccc2[N+](=O)[O-])CC(=O)O)cc1Cl. The molecule has 0 unspecified atom stereocenters. The predicted octanol–water partition coefficient (Wildman–Crippen LogP) is 2.35. The lowest BCUT2D eigenvalue weighted by molar-refractivity contribution is -0.387. The van der Waals surface area contributed by atoms with Gasteiger partial charge in [0.2, 0.25) is 10.0 Å². The van der Waals surface area contributed by atoms with Crippen molar-refractivity contribution in [3.63, 3.8) is 0 Å². The van der Waals surface area contributed by atoms with Crippen molar-refractivity contribution >= 4 is 39.0 Å². The maximum Gasteiger partial charge on any atom is 0.305 e. The van der Waals surface area contributed by atoms with Crippen molar-refractivity contribution in [3.05, 3.63) is 63.2 Å². The first-order chi connectivity index (χ1) is 13.6. The summed E-state index contributed by atoms with van der Waals surface area (Å²) < 4.78 is 27.2. The van der Waals surface area contributed by atoms with Gasteiger partial charge in [-0.3, -0.25) is 14.9 Å². The van der Waals surface area contributed by atoms with Crippen LogP contribution in [0.15, 0.2) is 47.4 Å². The standard InChI is InChI=1S/C17H15ClN4O6S/c18-14-7-12(6-5-11(14)9-19)21-13(8-17(23)24)10-20-29(27,28)16-4-2-1-3-15(16)22(25)26/h1-7,13,20-21H,8,10H2,(H,23,24)/t13-/m0/s1. The third-order valence-corrected chi connectivity index (χ3v) is 5.54. The maximum absolute atomic E-state index is 12.5. The van der Waals surface area contributed by atoms with Crippen molar-refractivity contribution in [2.24, 2.45) is 0 Å². The Morgan fingerprint density at radius 3 is 2.59 bits per heavy atom. The number of rotatable bonds is 9. The Morgan fingerprint density at radius 2 is 2.00 bits per heavy atom. The normalized spacial score (nSPS) is 12.0. The number of hydrogen-bond donors (Lipinski definition) is 3. The molecular formula is C17H15ClN4O6S. The number of nitro groups is 1. The van der Waals surface area contributed by atoms with Crippen molar-refractivity contribution in [3.8, 4) is 6.07 Å². The summed E-state index contributed by atoms with van der Waals surface area (Å²) in [5.74, 6) is -1.19. The predicted molar refractivity (Wildman–Crippen MR) is 104 cm³/mol. The summed E-state index contributed by atoms with van der Waals surface area (Å²) in [7, 11) is -4.27. The van der Waals surface area contributed by atoms with Crippen LogP contribution >= 0.6 is 11.6 Å². The molecule has 0 spiro atoms. The number of nitro benzene ring substituents is 1. The van der Waals surface area contributed by atoms with Gasteiger partial charge in [-0.2, -0.15) is 5.26 Å². The first-order valence-corrected chi connectivity index (χ1v) is 9.91. The van der Waals surface area contributed by atoms with E-state index in [0.717, 1.165) is 12.1 Å². The number of carboxylic acids is 1. The summed E-state index contributed by atoms with van der Waals surface area (Å²) in [6.07, 6.45) is -0.447. The van der Waals surface area contributed by atoms with E-state index in [2.05, 4.69) is 10.0 Å². The monoisotopic (exact) mass is 438 g/mol. The molecule has 0 radical (unpaired) electrons. The Morgan fingerprint density at radius 1 is 1.31 bits per heavy atom. The Kier molecular flexibility index (Phi) is 7.11. The second-order valence-corrected chi connectivity index (χ2v) is 7.96. The third kappa shape index (κ3) is 5.89. The first-order valence-electron chi connectivity index (χ1n) is 8.05. The topological polar surface area (TPSA) is 162 Å². The summed E-state index contributed by atoms with van der Waals surface area (Å²) >= 11 is 5.94. The highest BCUT2D eigenvalue weighted by molar-refractivity contribution is 7.89. The van der Waals surface area contributed by atoms with E-state index in [4.69, 9.17) is 22.0 Å². The van der Waals surface area contributed by atoms with Crippen LogP contribution in [-0.2, 0) is 14.8 Å². The summed E-state index contributed by atoms with van der Waals surface area (Å²) in [4.78, 5) is 20.8. The van der Waals surface area contributed by atoms with Crippen molar-refractivity contribution < 1.29 is 23.2 Å². The molecule has 2 aromatic carbocycles. The van der Waals surface area contributed by atoms with Gasteiger partial charge in [-0.1, -0.05) is 23.7 Å². The number of halogens is 1. The molecule has 0 aliphatic rings. The maximum atomic E-state index is 12.5. The zero-order valence-electron chi connectivity index (χ0n) is 14.7. The van der Waals surface area contributed by atoms with Crippen LogP contribution in [0.5, 0.6) is 0 Å². The van der Waals surface area contributed by atoms with E-state index in [1.54, 1.807) is 0 Å². The van der Waals surface area contributed by atoms with Gasteiger partial charge < -0.3 is 10.4 Å². The van der Waals surface area contributed by atoms with Crippen LogP contribution in [0.4, 0.5) is 11.4 Å². The van der Waals surface area contributed by atoms with Crippen molar-refractivity contribution in [1.82, 2.24) is 4.72 Å². The van der Waals surface area contributed by atoms with Gasteiger partial charge in [-0.25, -0.2) is 13.1 Å². The lowest BCUT2D eigenvalue weighted by Gasteiger charge is -2.19. The number of hydrogen-bond acceptors (Lipinski definition) is 7. The van der Waals surface area contributed by atoms with Crippen LogP contribution in [0.1, 0.15) is 12.0 Å². The largest absolute Gasteiger partial charge is 0.481 e. The molecule has 0 heterocycles. The number of nitriles is 1. The van der Waals surface area contributed by atoms with Gasteiger partial charge in [0.15, 0.2) is 4.90 Å². The van der Waals surface area contributed by atoms with E-state index < -0.39 is 44.0 Å². The number of nitrogens with zero attached hydrogens (tertiary/aromatic N) is 2. The van der Waals surface area contributed by atoms with Crippen molar-refractivity contribution in [1.29, 1.82) is 5.26 Å². The summed E-state index contributed by atoms with van der Waals surface area (Å²) in [5, 5.41) is 32.0. The molecule has 0 amide bonds. The van der Waals surface area contributed by atoms with Crippen LogP contribution < -0.4 is 10.0 Å². The summed E-state index contributed by atoms with van der Waals surface area (Å²) in [5.41, 5.74) is 0.0100. The van der Waals surface area contributed by atoms with Crippen LogP contribution in [-0.4, -0.2) is 37.0 Å². The minimum absolute atomic E-state index is 0.145. The van der Waals surface area contributed by atoms with Crippen LogP contribution in [0.3, 0.4) is 0 Å². The van der Waals surface area contributed by atoms with Gasteiger partial charge in [-0.05, 0) is 24.3 Å². The Balaban J connectivity index is 2.21. The quantitative estimate of drug-likeness (QED) is 0.396. The molecule has 12 heteroatoms. The molecule has 29 heavy (non-hydrogen) atoms. The molecule has 0 bridgehead atoms. The lowest BCUT2D eigenvalue weighted by atomic mass is 10.1. The van der Waals surface area contributed by atoms with Gasteiger partial charge in [0.25, 0.3) is 5.69 Å². The minimum atomic E-state index is -4.27. The fraction of sp³-hybridized carbons (Fsp3) is 0.176. The molecule has 0 aliphatic heterocycles. The van der Waals surface area contributed by atoms with Crippen LogP contribution in [0, 0.1) is 21.4 Å². The van der Waals surface area contributed by atoms with Crippen molar-refractivity contribution in [2.75, 3.05) is 11.9 Å². The van der Waals surface area contributed by atoms with Gasteiger partial charge in [0.05, 0.1) is 28.0 Å². The van der Waals surface area contributed by atoms with Crippen LogP contribution in [0.25, 0.3) is 0 Å². The smallest absolute Gasteiger partial charge is 0.305 e. The lowest BCUT2D eigenvalue weighted by Crippen LogP contribution is -2.38. The minimum Gasteiger partial charge on any atom is -0.481 e. The molecule has 152 valence electrons. The van der Waals surface area contributed by atoms with Gasteiger partial charge in [0.1, 0.15) is 6.07 Å². The Hall–Kier alpha value is -3.20. The molecular weight excluding hydrogens is 424 g/mol. The molecule has 2 rings (SSSR count). The number of para-hydroxylation sites is 1. The number of sulfonamides is 1. The number of aliphatic carboxylic acids is 1. The zero-order chi connectivity index (χ0) is 21.6. The molecule has 0 saturated carbocycles.